The number of piperidine rings is 1. The predicted molar refractivity (Wildman–Crippen MR) is 126 cm³/mol. The molecule has 6 nitrogen and oxygen atoms in total. The Morgan fingerprint density at radius 2 is 1.82 bits per heavy atom. The van der Waals surface area contributed by atoms with Crippen LogP contribution >= 0.6 is 0 Å². The number of likely N-dealkylation sites (tertiary alicyclic amines) is 1. The lowest BCUT2D eigenvalue weighted by atomic mass is 9.89. The van der Waals surface area contributed by atoms with Gasteiger partial charge >= 0.3 is 0 Å². The molecule has 3 heterocycles. The number of aromatic nitrogens is 1. The van der Waals surface area contributed by atoms with Gasteiger partial charge in [0.1, 0.15) is 12.3 Å². The van der Waals surface area contributed by atoms with Crippen molar-refractivity contribution in [2.45, 2.75) is 36.1 Å². The summed E-state index contributed by atoms with van der Waals surface area (Å²) in [6.45, 7) is 1.08. The number of sulfonamides is 1. The third-order valence-electron chi connectivity index (χ3n) is 6.73. The van der Waals surface area contributed by atoms with Crippen LogP contribution in [0.5, 0.6) is 0 Å². The van der Waals surface area contributed by atoms with E-state index in [1.54, 1.807) is 24.6 Å². The van der Waals surface area contributed by atoms with Crippen molar-refractivity contribution in [1.29, 1.82) is 0 Å². The summed E-state index contributed by atoms with van der Waals surface area (Å²) in [6, 6.07) is 14.4. The summed E-state index contributed by atoms with van der Waals surface area (Å²) in [4.78, 5) is 6.92. The summed E-state index contributed by atoms with van der Waals surface area (Å²) in [7, 11) is -3.83. The quantitative estimate of drug-likeness (QED) is 0.454. The van der Waals surface area contributed by atoms with Crippen molar-refractivity contribution in [3.8, 4) is 0 Å². The molecule has 1 aliphatic heterocycles. The van der Waals surface area contributed by atoms with Gasteiger partial charge in [0.2, 0.25) is 10.0 Å². The van der Waals surface area contributed by atoms with Crippen molar-refractivity contribution in [2.24, 2.45) is 5.14 Å². The Morgan fingerprint density at radius 1 is 1.06 bits per heavy atom. The largest absolute Gasteiger partial charge is 0.464 e. The van der Waals surface area contributed by atoms with E-state index in [0.717, 1.165) is 53.5 Å². The second kappa shape index (κ2) is 8.85. The number of para-hydroxylation sites is 1. The van der Waals surface area contributed by atoms with E-state index in [2.05, 4.69) is 9.88 Å². The number of halogens is 1. The van der Waals surface area contributed by atoms with Crippen LogP contribution in [-0.2, 0) is 16.4 Å². The topological polar surface area (TPSA) is 89.4 Å². The van der Waals surface area contributed by atoms with E-state index in [1.165, 1.54) is 6.07 Å². The zero-order chi connectivity index (χ0) is 23.0. The molecule has 0 saturated carbocycles. The van der Waals surface area contributed by atoms with Crippen LogP contribution in [0.1, 0.15) is 30.0 Å². The molecular weight excluding hydrogens is 441 g/mol. The van der Waals surface area contributed by atoms with Crippen molar-refractivity contribution in [2.75, 3.05) is 19.8 Å². The number of rotatable bonds is 6. The lowest BCUT2D eigenvalue weighted by Gasteiger charge is -2.36. The normalized spacial score (nSPS) is 17.0. The van der Waals surface area contributed by atoms with Crippen molar-refractivity contribution >= 4 is 31.8 Å². The fourth-order valence-corrected chi connectivity index (χ4v) is 5.79. The monoisotopic (exact) mass is 467 g/mol. The SMILES string of the molecule is NS(=O)(=O)c1cccc2c(C3CCN(C(CF)Cc4coc5ccccc45)CC3)nccc12. The minimum atomic E-state index is -3.83. The molecule has 172 valence electrons. The van der Waals surface area contributed by atoms with Crippen molar-refractivity contribution in [1.82, 2.24) is 9.88 Å². The van der Waals surface area contributed by atoms with Crippen LogP contribution in [0.4, 0.5) is 4.39 Å². The lowest BCUT2D eigenvalue weighted by Crippen LogP contribution is -2.43. The minimum Gasteiger partial charge on any atom is -0.464 e. The molecule has 0 spiro atoms. The first-order valence-electron chi connectivity index (χ1n) is 11.1. The molecule has 2 aromatic heterocycles. The van der Waals surface area contributed by atoms with Gasteiger partial charge in [-0.25, -0.2) is 17.9 Å². The summed E-state index contributed by atoms with van der Waals surface area (Å²) < 4.78 is 43.7. The molecule has 8 heteroatoms. The molecule has 2 aromatic carbocycles. The van der Waals surface area contributed by atoms with Crippen molar-refractivity contribution < 1.29 is 17.2 Å². The molecule has 1 saturated heterocycles. The van der Waals surface area contributed by atoms with Crippen LogP contribution in [0.2, 0.25) is 0 Å². The number of hydrogen-bond acceptors (Lipinski definition) is 5. The Balaban J connectivity index is 1.34. The third-order valence-corrected chi connectivity index (χ3v) is 7.70. The molecule has 1 aliphatic rings. The smallest absolute Gasteiger partial charge is 0.238 e. The first kappa shape index (κ1) is 22.0. The van der Waals surface area contributed by atoms with Gasteiger partial charge in [-0.05, 0) is 56.1 Å². The second-order valence-electron chi connectivity index (χ2n) is 8.67. The molecule has 0 bridgehead atoms. The number of nitrogens with two attached hydrogens (primary N) is 1. The Morgan fingerprint density at radius 3 is 2.58 bits per heavy atom. The van der Waals surface area contributed by atoms with E-state index >= 15 is 0 Å². The zero-order valence-corrected chi connectivity index (χ0v) is 19.0. The molecule has 1 atom stereocenters. The molecule has 0 radical (unpaired) electrons. The number of primary sulfonamides is 1. The standard InChI is InChI=1S/C25H26FN3O3S/c26-15-19(14-18-16-32-23-6-2-1-4-20(18)23)29-12-9-17(10-13-29)25-22-5-3-7-24(33(27,30)31)21(22)8-11-28-25/h1-8,11,16-17,19H,9-10,12-15H2,(H2,27,30,31). The van der Waals surface area contributed by atoms with Gasteiger partial charge < -0.3 is 4.42 Å². The van der Waals surface area contributed by atoms with Gasteiger partial charge in [0, 0.05) is 34.3 Å². The highest BCUT2D eigenvalue weighted by molar-refractivity contribution is 7.89. The fourth-order valence-electron chi connectivity index (χ4n) is 5.04. The maximum Gasteiger partial charge on any atom is 0.238 e. The molecule has 1 unspecified atom stereocenters. The van der Waals surface area contributed by atoms with Crippen LogP contribution in [0.3, 0.4) is 0 Å². The number of alkyl halides is 1. The Labute approximate surface area is 192 Å². The van der Waals surface area contributed by atoms with Crippen LogP contribution in [0, 0.1) is 0 Å². The Bertz CT molecular complexity index is 1390. The number of nitrogens with zero attached hydrogens (tertiary/aromatic N) is 2. The highest BCUT2D eigenvalue weighted by Gasteiger charge is 2.28. The fraction of sp³-hybridized carbons (Fsp3) is 0.320. The molecule has 5 rings (SSSR count). The maximum absolute atomic E-state index is 14.1. The van der Waals surface area contributed by atoms with Crippen molar-refractivity contribution in [3.63, 3.8) is 0 Å². The van der Waals surface area contributed by atoms with Crippen LogP contribution < -0.4 is 5.14 Å². The average Bonchev–Trinajstić information content (AvgIpc) is 3.24. The second-order valence-corrected chi connectivity index (χ2v) is 10.2. The predicted octanol–water partition coefficient (Wildman–Crippen LogP) is 4.39. The first-order chi connectivity index (χ1) is 16.0. The minimum absolute atomic E-state index is 0.117. The van der Waals surface area contributed by atoms with Gasteiger partial charge in [-0.1, -0.05) is 30.3 Å². The molecule has 1 fully saturated rings. The van der Waals surface area contributed by atoms with E-state index in [9.17, 15) is 12.8 Å². The maximum atomic E-state index is 14.1. The molecule has 2 N–H and O–H groups in total. The van der Waals surface area contributed by atoms with E-state index in [0.29, 0.717) is 11.8 Å². The van der Waals surface area contributed by atoms with Gasteiger partial charge in [0.05, 0.1) is 16.9 Å². The number of pyridine rings is 1. The number of hydrogen-bond donors (Lipinski definition) is 1. The number of fused-ring (bicyclic) bond motifs is 2. The Kier molecular flexibility index (Phi) is 5.90. The average molecular weight is 468 g/mol. The lowest BCUT2D eigenvalue weighted by molar-refractivity contribution is 0.128. The van der Waals surface area contributed by atoms with Crippen molar-refractivity contribution in [3.05, 3.63) is 72.2 Å². The highest BCUT2D eigenvalue weighted by atomic mass is 32.2. The van der Waals surface area contributed by atoms with E-state index in [1.807, 2.05) is 30.3 Å². The number of benzene rings is 2. The van der Waals surface area contributed by atoms with E-state index in [4.69, 9.17) is 9.56 Å². The summed E-state index contributed by atoms with van der Waals surface area (Å²) >= 11 is 0. The zero-order valence-electron chi connectivity index (χ0n) is 18.2. The van der Waals surface area contributed by atoms with Crippen LogP contribution in [0.25, 0.3) is 21.7 Å². The van der Waals surface area contributed by atoms with Crippen LogP contribution in [0.15, 0.2) is 70.3 Å². The summed E-state index contributed by atoms with van der Waals surface area (Å²) in [6.07, 6.45) is 5.64. The molecular formula is C25H26FN3O3S. The molecule has 33 heavy (non-hydrogen) atoms. The first-order valence-corrected chi connectivity index (χ1v) is 12.7. The Hall–Kier alpha value is -2.81. The highest BCUT2D eigenvalue weighted by Crippen LogP contribution is 2.34. The summed E-state index contributed by atoms with van der Waals surface area (Å²) in [5.74, 6) is 0.177. The number of furan rings is 1. The van der Waals surface area contributed by atoms with Gasteiger partial charge in [0.15, 0.2) is 0 Å². The van der Waals surface area contributed by atoms with Gasteiger partial charge in [-0.15, -0.1) is 0 Å². The molecule has 0 amide bonds. The third kappa shape index (κ3) is 4.26. The summed E-state index contributed by atoms with van der Waals surface area (Å²) in [5, 5.41) is 7.86. The molecule has 0 aliphatic carbocycles. The van der Waals surface area contributed by atoms with Gasteiger partial charge in [-0.3, -0.25) is 9.88 Å². The van der Waals surface area contributed by atoms with Crippen LogP contribution in [-0.4, -0.2) is 44.1 Å². The summed E-state index contributed by atoms with van der Waals surface area (Å²) in [5.41, 5.74) is 2.74. The molecule has 4 aromatic rings. The van der Waals surface area contributed by atoms with E-state index in [-0.39, 0.29) is 16.9 Å². The van der Waals surface area contributed by atoms with Gasteiger partial charge in [-0.2, -0.15) is 0 Å². The van der Waals surface area contributed by atoms with E-state index < -0.39 is 16.7 Å². The van der Waals surface area contributed by atoms with Gasteiger partial charge in [0.25, 0.3) is 0 Å².